The highest BCUT2D eigenvalue weighted by Crippen LogP contribution is 2.26. The Bertz CT molecular complexity index is 1520. The van der Waals surface area contributed by atoms with Gasteiger partial charge in [0.15, 0.2) is 0 Å². The van der Waals surface area contributed by atoms with Crippen molar-refractivity contribution >= 4 is 44.6 Å². The van der Waals surface area contributed by atoms with Crippen LogP contribution < -0.4 is 16.0 Å². The maximum absolute atomic E-state index is 14.1. The highest BCUT2D eigenvalue weighted by molar-refractivity contribution is 7.89. The Morgan fingerprint density at radius 2 is 1.51 bits per heavy atom. The first-order chi connectivity index (χ1) is 22.5. The molecule has 11 nitrogen and oxygen atoms in total. The molecule has 5 atom stereocenters. The van der Waals surface area contributed by atoms with Crippen LogP contribution in [0.1, 0.15) is 103 Å². The lowest BCUT2D eigenvalue weighted by atomic mass is 9.93. The van der Waals surface area contributed by atoms with Gasteiger partial charge in [-0.15, -0.1) is 0 Å². The van der Waals surface area contributed by atoms with Gasteiger partial charge in [-0.1, -0.05) is 90.3 Å². The molecule has 2 aliphatic heterocycles. The number of hydrogen-bond acceptors (Lipinski definition) is 6. The summed E-state index contributed by atoms with van der Waals surface area (Å²) < 4.78 is 26.4. The van der Waals surface area contributed by atoms with Gasteiger partial charge in [0.05, 0.1) is 11.8 Å². The van der Waals surface area contributed by atoms with E-state index < -0.39 is 46.0 Å². The second-order valence-corrected chi connectivity index (χ2v) is 15.2. The van der Waals surface area contributed by atoms with E-state index in [2.05, 4.69) is 22.9 Å². The molecule has 3 heterocycles. The number of piperidine rings is 1. The van der Waals surface area contributed by atoms with Gasteiger partial charge in [0.1, 0.15) is 24.2 Å². The van der Waals surface area contributed by atoms with Crippen LogP contribution in [0.25, 0.3) is 10.9 Å². The van der Waals surface area contributed by atoms with Crippen LogP contribution in [-0.2, 0) is 35.6 Å². The summed E-state index contributed by atoms with van der Waals surface area (Å²) in [5.74, 6) is -1.86. The number of rotatable bonds is 13. The molecule has 1 aromatic heterocycles. The standard InChI is InChI=1S/C35H53N5O6S/c1-5-7-8-9-10-11-12-18-27-32(41)37-28(22-25-23-40(47(4,45)46)29-19-14-13-17-26(25)29)33(42)38-31(24(3)6-2)35(44)39-21-16-15-20-30(39)34(43)36-27/h13-14,17,19,23-24,27-28,30-31H,5-12,15-16,18,20-22H2,1-4H3,(H,36,43)(H,37,41)(H,38,42)/t24?,27?,28-,30?,31-/m0/s1. The van der Waals surface area contributed by atoms with E-state index in [-0.39, 0.29) is 24.2 Å². The number of aromatic nitrogens is 1. The Balaban J connectivity index is 1.68. The molecule has 0 aliphatic carbocycles. The first kappa shape index (κ1) is 36.4. The average Bonchev–Trinajstić information content (AvgIpc) is 3.43. The second kappa shape index (κ2) is 16.6. The van der Waals surface area contributed by atoms with Gasteiger partial charge in [-0.25, -0.2) is 12.4 Å². The van der Waals surface area contributed by atoms with Crippen LogP contribution in [0.3, 0.4) is 0 Å². The second-order valence-electron chi connectivity index (χ2n) is 13.4. The molecule has 0 bridgehead atoms. The van der Waals surface area contributed by atoms with Gasteiger partial charge in [-0.2, -0.15) is 0 Å². The van der Waals surface area contributed by atoms with Crippen LogP contribution in [0, 0.1) is 5.92 Å². The largest absolute Gasteiger partial charge is 0.343 e. The van der Waals surface area contributed by atoms with E-state index in [4.69, 9.17) is 0 Å². The van der Waals surface area contributed by atoms with Crippen LogP contribution in [0.2, 0.25) is 0 Å². The number of unbranched alkanes of at least 4 members (excludes halogenated alkanes) is 6. The topological polar surface area (TPSA) is 147 Å². The van der Waals surface area contributed by atoms with Gasteiger partial charge in [0, 0.05) is 24.5 Å². The van der Waals surface area contributed by atoms with E-state index in [1.807, 2.05) is 13.8 Å². The molecule has 12 heteroatoms. The van der Waals surface area contributed by atoms with Crippen LogP contribution in [0.15, 0.2) is 30.5 Å². The van der Waals surface area contributed by atoms with Crippen molar-refractivity contribution < 1.29 is 27.6 Å². The quantitative estimate of drug-likeness (QED) is 0.274. The highest BCUT2D eigenvalue weighted by atomic mass is 32.2. The van der Waals surface area contributed by atoms with Crippen LogP contribution in [-0.4, -0.2) is 77.9 Å². The number of nitrogens with one attached hydrogen (secondary N) is 3. The molecule has 2 aromatic rings. The minimum Gasteiger partial charge on any atom is -0.343 e. The molecular formula is C35H53N5O6S. The summed E-state index contributed by atoms with van der Waals surface area (Å²) in [6.45, 7) is 6.41. The summed E-state index contributed by atoms with van der Waals surface area (Å²) in [7, 11) is -3.65. The zero-order valence-corrected chi connectivity index (χ0v) is 29.2. The monoisotopic (exact) mass is 671 g/mol. The third-order valence-corrected chi connectivity index (χ3v) is 10.8. The first-order valence-corrected chi connectivity index (χ1v) is 19.3. The lowest BCUT2D eigenvalue weighted by molar-refractivity contribution is -0.147. The minimum atomic E-state index is -3.65. The number of nitrogens with zero attached hydrogens (tertiary/aromatic N) is 2. The minimum absolute atomic E-state index is 0.00748. The zero-order valence-electron chi connectivity index (χ0n) is 28.4. The molecule has 3 N–H and O–H groups in total. The lowest BCUT2D eigenvalue weighted by Crippen LogP contribution is -2.64. The Morgan fingerprint density at radius 1 is 0.851 bits per heavy atom. The summed E-state index contributed by atoms with van der Waals surface area (Å²) in [5, 5.41) is 9.46. The van der Waals surface area contributed by atoms with E-state index >= 15 is 0 Å². The number of hydrogen-bond donors (Lipinski definition) is 3. The fraction of sp³-hybridized carbons (Fsp3) is 0.657. The van der Waals surface area contributed by atoms with Crippen LogP contribution >= 0.6 is 0 Å². The van der Waals surface area contributed by atoms with Crippen molar-refractivity contribution in [1.82, 2.24) is 24.8 Å². The molecule has 3 unspecified atom stereocenters. The predicted octanol–water partition coefficient (Wildman–Crippen LogP) is 4.03. The van der Waals surface area contributed by atoms with Gasteiger partial charge in [-0.3, -0.25) is 19.2 Å². The van der Waals surface area contributed by atoms with Gasteiger partial charge in [-0.05, 0) is 43.2 Å². The Labute approximate surface area is 279 Å². The molecule has 2 aliphatic rings. The number of carbonyl (C=O) groups excluding carboxylic acids is 4. The lowest BCUT2D eigenvalue weighted by Gasteiger charge is -2.39. The Morgan fingerprint density at radius 3 is 2.21 bits per heavy atom. The van der Waals surface area contributed by atoms with E-state index in [9.17, 15) is 27.6 Å². The Kier molecular flexibility index (Phi) is 12.9. The summed E-state index contributed by atoms with van der Waals surface area (Å²) in [6, 6.07) is 3.42. The van der Waals surface area contributed by atoms with Crippen molar-refractivity contribution in [1.29, 1.82) is 0 Å². The van der Waals surface area contributed by atoms with Crippen molar-refractivity contribution in [3.63, 3.8) is 0 Å². The van der Waals surface area contributed by atoms with E-state index in [1.165, 1.54) is 23.0 Å². The normalized spacial score (nSPS) is 23.7. The Hall–Kier alpha value is -3.41. The molecule has 2 fully saturated rings. The third kappa shape index (κ3) is 9.15. The van der Waals surface area contributed by atoms with Gasteiger partial charge >= 0.3 is 0 Å². The summed E-state index contributed by atoms with van der Waals surface area (Å²) in [5.41, 5.74) is 1.03. The van der Waals surface area contributed by atoms with Crippen molar-refractivity contribution in [3.05, 3.63) is 36.0 Å². The molecule has 0 saturated carbocycles. The molecule has 260 valence electrons. The van der Waals surface area contributed by atoms with Crippen LogP contribution in [0.5, 0.6) is 0 Å². The number of amides is 4. The van der Waals surface area contributed by atoms with E-state index in [0.717, 1.165) is 51.2 Å². The number of carbonyl (C=O) groups is 4. The SMILES string of the molecule is CCCCCCCCCC1NC(=O)C2CCCCN2C(=O)[C@H](C(C)CC)NC(=O)[C@H](Cc2cn(S(C)(=O)=O)c3ccccc23)NC1=O. The van der Waals surface area contributed by atoms with Crippen molar-refractivity contribution in [2.24, 2.45) is 5.92 Å². The molecule has 47 heavy (non-hydrogen) atoms. The molecule has 2 saturated heterocycles. The summed E-state index contributed by atoms with van der Waals surface area (Å²) in [4.78, 5) is 57.5. The van der Waals surface area contributed by atoms with Crippen LogP contribution in [0.4, 0.5) is 0 Å². The number of benzene rings is 1. The van der Waals surface area contributed by atoms with Gasteiger partial charge in [0.2, 0.25) is 33.7 Å². The van der Waals surface area contributed by atoms with Gasteiger partial charge < -0.3 is 20.9 Å². The number of fused-ring (bicyclic) bond motifs is 2. The summed E-state index contributed by atoms with van der Waals surface area (Å²) in [6.07, 6.45) is 13.0. The third-order valence-electron chi connectivity index (χ3n) is 9.77. The van der Waals surface area contributed by atoms with Crippen molar-refractivity contribution in [2.75, 3.05) is 12.8 Å². The highest BCUT2D eigenvalue weighted by Gasteiger charge is 2.41. The smallest absolute Gasteiger partial charge is 0.246 e. The van der Waals surface area contributed by atoms with E-state index in [0.29, 0.717) is 42.3 Å². The maximum atomic E-state index is 14.1. The molecule has 4 amide bonds. The van der Waals surface area contributed by atoms with Crippen molar-refractivity contribution in [2.45, 2.75) is 128 Å². The fourth-order valence-corrected chi connectivity index (χ4v) is 7.62. The number of para-hydroxylation sites is 1. The first-order valence-electron chi connectivity index (χ1n) is 17.5. The van der Waals surface area contributed by atoms with E-state index in [1.54, 1.807) is 29.2 Å². The molecule has 0 spiro atoms. The summed E-state index contributed by atoms with van der Waals surface area (Å²) >= 11 is 0. The maximum Gasteiger partial charge on any atom is 0.246 e. The van der Waals surface area contributed by atoms with Gasteiger partial charge in [0.25, 0.3) is 0 Å². The molecule has 1 aromatic carbocycles. The molecule has 0 radical (unpaired) electrons. The average molecular weight is 672 g/mol. The molecule has 4 rings (SSSR count). The fourth-order valence-electron chi connectivity index (χ4n) is 6.78. The zero-order chi connectivity index (χ0) is 34.1. The molecular weight excluding hydrogens is 618 g/mol. The predicted molar refractivity (Wildman–Crippen MR) is 183 cm³/mol. The van der Waals surface area contributed by atoms with Crippen molar-refractivity contribution in [3.8, 4) is 0 Å².